The fourth-order valence-electron chi connectivity index (χ4n) is 2.69. The van der Waals surface area contributed by atoms with E-state index < -0.39 is 0 Å². The van der Waals surface area contributed by atoms with Gasteiger partial charge in [0, 0.05) is 12.6 Å². The molecule has 0 atom stereocenters. The summed E-state index contributed by atoms with van der Waals surface area (Å²) in [6, 6.07) is 9.06. The molecule has 0 radical (unpaired) electrons. The van der Waals surface area contributed by atoms with E-state index in [0.29, 0.717) is 0 Å². The zero-order chi connectivity index (χ0) is 12.1. The Bertz CT molecular complexity index is 327. The van der Waals surface area contributed by atoms with E-state index in [1.165, 1.54) is 37.7 Å². The van der Waals surface area contributed by atoms with Gasteiger partial charge in [-0.2, -0.15) is 0 Å². The Labute approximate surface area is 104 Å². The van der Waals surface area contributed by atoms with Crippen LogP contribution in [0.5, 0.6) is 0 Å². The van der Waals surface area contributed by atoms with E-state index >= 15 is 0 Å². The molecule has 0 aliphatic heterocycles. The standard InChI is InChI=1S/C15H23NO/c1-16(15-5-3-2-4-6-15)11-13-7-9-14(12-17)10-8-13/h7-10,15,17H,2-6,11-12H2,1H3. The minimum absolute atomic E-state index is 0.138. The van der Waals surface area contributed by atoms with Crippen molar-refractivity contribution in [3.8, 4) is 0 Å². The Hall–Kier alpha value is -0.860. The van der Waals surface area contributed by atoms with Gasteiger partial charge in [0.05, 0.1) is 6.61 Å². The highest BCUT2D eigenvalue weighted by molar-refractivity contribution is 5.21. The average molecular weight is 233 g/mol. The van der Waals surface area contributed by atoms with Gasteiger partial charge in [-0.05, 0) is 31.0 Å². The molecule has 0 aromatic heterocycles. The number of aliphatic hydroxyl groups is 1. The molecule has 0 spiro atoms. The van der Waals surface area contributed by atoms with Gasteiger partial charge < -0.3 is 5.11 Å². The predicted octanol–water partition coefficient (Wildman–Crippen LogP) is 2.94. The Morgan fingerprint density at radius 2 is 1.65 bits per heavy atom. The molecule has 2 nitrogen and oxygen atoms in total. The molecule has 1 fully saturated rings. The first-order valence-corrected chi connectivity index (χ1v) is 6.68. The Morgan fingerprint density at radius 1 is 1.06 bits per heavy atom. The first-order valence-electron chi connectivity index (χ1n) is 6.68. The highest BCUT2D eigenvalue weighted by Crippen LogP contribution is 2.22. The maximum Gasteiger partial charge on any atom is 0.0681 e. The number of nitrogens with zero attached hydrogens (tertiary/aromatic N) is 1. The van der Waals surface area contributed by atoms with Crippen molar-refractivity contribution in [2.75, 3.05) is 7.05 Å². The van der Waals surface area contributed by atoms with E-state index in [-0.39, 0.29) is 6.61 Å². The summed E-state index contributed by atoms with van der Waals surface area (Å²) in [4.78, 5) is 2.48. The summed E-state index contributed by atoms with van der Waals surface area (Å²) >= 11 is 0. The van der Waals surface area contributed by atoms with Crippen molar-refractivity contribution in [3.63, 3.8) is 0 Å². The number of benzene rings is 1. The minimum Gasteiger partial charge on any atom is -0.392 e. The van der Waals surface area contributed by atoms with Gasteiger partial charge in [-0.1, -0.05) is 43.5 Å². The normalized spacial score (nSPS) is 17.6. The summed E-state index contributed by atoms with van der Waals surface area (Å²) in [6.45, 7) is 1.16. The fourth-order valence-corrected chi connectivity index (χ4v) is 2.69. The van der Waals surface area contributed by atoms with Crippen LogP contribution in [0.4, 0.5) is 0 Å². The van der Waals surface area contributed by atoms with Crippen LogP contribution in [0.1, 0.15) is 43.2 Å². The molecule has 0 saturated heterocycles. The first-order chi connectivity index (χ1) is 8.29. The minimum atomic E-state index is 0.138. The molecule has 0 amide bonds. The molecular weight excluding hydrogens is 210 g/mol. The lowest BCUT2D eigenvalue weighted by atomic mass is 9.94. The van der Waals surface area contributed by atoms with Crippen molar-refractivity contribution >= 4 is 0 Å². The second-order valence-corrected chi connectivity index (χ2v) is 5.18. The van der Waals surface area contributed by atoms with Gasteiger partial charge in [-0.3, -0.25) is 4.90 Å². The summed E-state index contributed by atoms with van der Waals surface area (Å²) in [5.74, 6) is 0. The second-order valence-electron chi connectivity index (χ2n) is 5.18. The summed E-state index contributed by atoms with van der Waals surface area (Å²) in [7, 11) is 2.23. The zero-order valence-electron chi connectivity index (χ0n) is 10.7. The molecule has 1 aliphatic carbocycles. The third kappa shape index (κ3) is 3.55. The third-order valence-corrected chi connectivity index (χ3v) is 3.84. The van der Waals surface area contributed by atoms with E-state index in [9.17, 15) is 0 Å². The van der Waals surface area contributed by atoms with Gasteiger partial charge >= 0.3 is 0 Å². The van der Waals surface area contributed by atoms with Crippen molar-refractivity contribution < 1.29 is 5.11 Å². The molecular formula is C15H23NO. The SMILES string of the molecule is CN(Cc1ccc(CO)cc1)C1CCCCC1. The van der Waals surface area contributed by atoms with Crippen molar-refractivity contribution in [3.05, 3.63) is 35.4 Å². The van der Waals surface area contributed by atoms with Gasteiger partial charge in [-0.25, -0.2) is 0 Å². The molecule has 1 saturated carbocycles. The number of hydrogen-bond donors (Lipinski definition) is 1. The van der Waals surface area contributed by atoms with Crippen LogP contribution in [0.25, 0.3) is 0 Å². The lowest BCUT2D eigenvalue weighted by Gasteiger charge is -2.31. The number of rotatable bonds is 4. The predicted molar refractivity (Wildman–Crippen MR) is 70.7 cm³/mol. The zero-order valence-corrected chi connectivity index (χ0v) is 10.7. The smallest absolute Gasteiger partial charge is 0.0681 e. The lowest BCUT2D eigenvalue weighted by molar-refractivity contribution is 0.184. The molecule has 2 heteroatoms. The largest absolute Gasteiger partial charge is 0.392 e. The van der Waals surface area contributed by atoms with Gasteiger partial charge in [0.1, 0.15) is 0 Å². The molecule has 2 rings (SSSR count). The second kappa shape index (κ2) is 6.18. The summed E-state index contributed by atoms with van der Waals surface area (Å²) in [5.41, 5.74) is 2.34. The van der Waals surface area contributed by atoms with Crippen LogP contribution < -0.4 is 0 Å². The summed E-state index contributed by atoms with van der Waals surface area (Å²) < 4.78 is 0. The first kappa shape index (κ1) is 12.6. The van der Waals surface area contributed by atoms with Crippen LogP contribution in [-0.2, 0) is 13.2 Å². The molecule has 0 heterocycles. The van der Waals surface area contributed by atoms with Gasteiger partial charge in [0.25, 0.3) is 0 Å². The molecule has 1 aromatic carbocycles. The van der Waals surface area contributed by atoms with E-state index in [1.54, 1.807) is 0 Å². The Balaban J connectivity index is 1.89. The van der Waals surface area contributed by atoms with Crippen LogP contribution in [0.3, 0.4) is 0 Å². The number of hydrogen-bond acceptors (Lipinski definition) is 2. The van der Waals surface area contributed by atoms with E-state index in [1.807, 2.05) is 12.1 Å². The van der Waals surface area contributed by atoms with Crippen molar-refractivity contribution in [1.29, 1.82) is 0 Å². The Kier molecular flexibility index (Phi) is 4.57. The highest BCUT2D eigenvalue weighted by Gasteiger charge is 2.17. The quantitative estimate of drug-likeness (QED) is 0.864. The maximum absolute atomic E-state index is 9.00. The van der Waals surface area contributed by atoms with E-state index in [4.69, 9.17) is 5.11 Å². The highest BCUT2D eigenvalue weighted by atomic mass is 16.3. The summed E-state index contributed by atoms with van der Waals surface area (Å²) in [6.07, 6.45) is 6.89. The number of aliphatic hydroxyl groups excluding tert-OH is 1. The molecule has 1 N–H and O–H groups in total. The van der Waals surface area contributed by atoms with E-state index in [2.05, 4.69) is 24.1 Å². The third-order valence-electron chi connectivity index (χ3n) is 3.84. The van der Waals surface area contributed by atoms with Crippen LogP contribution in [0.2, 0.25) is 0 Å². The molecule has 0 unspecified atom stereocenters. The van der Waals surface area contributed by atoms with Crippen molar-refractivity contribution in [1.82, 2.24) is 4.90 Å². The van der Waals surface area contributed by atoms with Gasteiger partial charge in [0.15, 0.2) is 0 Å². The molecule has 94 valence electrons. The fraction of sp³-hybridized carbons (Fsp3) is 0.600. The molecule has 17 heavy (non-hydrogen) atoms. The maximum atomic E-state index is 9.00. The molecule has 1 aliphatic rings. The van der Waals surface area contributed by atoms with Crippen molar-refractivity contribution in [2.45, 2.75) is 51.3 Å². The molecule has 1 aromatic rings. The van der Waals surface area contributed by atoms with Crippen LogP contribution in [0, 0.1) is 0 Å². The summed E-state index contributed by atoms with van der Waals surface area (Å²) in [5, 5.41) is 9.00. The van der Waals surface area contributed by atoms with E-state index in [0.717, 1.165) is 18.2 Å². The van der Waals surface area contributed by atoms with Crippen molar-refractivity contribution in [2.24, 2.45) is 0 Å². The Morgan fingerprint density at radius 3 is 2.24 bits per heavy atom. The van der Waals surface area contributed by atoms with Crippen LogP contribution >= 0.6 is 0 Å². The van der Waals surface area contributed by atoms with Crippen LogP contribution in [-0.4, -0.2) is 23.1 Å². The molecule has 0 bridgehead atoms. The van der Waals surface area contributed by atoms with Gasteiger partial charge in [-0.15, -0.1) is 0 Å². The van der Waals surface area contributed by atoms with Crippen LogP contribution in [0.15, 0.2) is 24.3 Å². The average Bonchev–Trinajstić information content (AvgIpc) is 2.40. The lowest BCUT2D eigenvalue weighted by Crippen LogP contribution is -2.32. The van der Waals surface area contributed by atoms with Gasteiger partial charge in [0.2, 0.25) is 0 Å². The topological polar surface area (TPSA) is 23.5 Å². The monoisotopic (exact) mass is 233 g/mol.